The minimum atomic E-state index is -0.423. The topological polar surface area (TPSA) is 120 Å². The minimum absolute atomic E-state index is 0.0514. The lowest BCUT2D eigenvalue weighted by molar-refractivity contribution is -0.701. The molecule has 0 saturated carbocycles. The maximum Gasteiger partial charge on any atom is 0.209 e. The lowest BCUT2D eigenvalue weighted by Crippen LogP contribution is -2.40. The number of aromatic nitrogens is 6. The molecule has 0 radical (unpaired) electrons. The van der Waals surface area contributed by atoms with Gasteiger partial charge in [0.1, 0.15) is 5.69 Å². The Balaban J connectivity index is 1.68. The molecule has 0 N–H and O–H groups in total. The molecule has 3 aromatic heterocycles. The molecule has 33 heavy (non-hydrogen) atoms. The third-order valence-electron chi connectivity index (χ3n) is 5.19. The molecule has 0 spiro atoms. The summed E-state index contributed by atoms with van der Waals surface area (Å²) in [6, 6.07) is 4.99. The average molecular weight is 448 g/mol. The van der Waals surface area contributed by atoms with E-state index in [1.165, 1.54) is 12.4 Å². The molecule has 3 rings (SSSR count). The molecule has 170 valence electrons. The van der Waals surface area contributed by atoms with Crippen molar-refractivity contribution in [2.75, 3.05) is 0 Å². The molecule has 0 aromatic carbocycles. The number of carbonyl (C=O) groups is 3. The van der Waals surface area contributed by atoms with Crippen LogP contribution in [0.25, 0.3) is 0 Å². The maximum atomic E-state index is 13.0. The Morgan fingerprint density at radius 1 is 0.879 bits per heavy atom. The van der Waals surface area contributed by atoms with Gasteiger partial charge < -0.3 is 0 Å². The van der Waals surface area contributed by atoms with Gasteiger partial charge in [0.05, 0.1) is 12.1 Å². The summed E-state index contributed by atoms with van der Waals surface area (Å²) in [6.45, 7) is 7.57. The van der Waals surface area contributed by atoms with Crippen LogP contribution < -0.4 is 4.57 Å². The first-order valence-corrected chi connectivity index (χ1v) is 10.8. The Hall–Kier alpha value is -3.75. The summed E-state index contributed by atoms with van der Waals surface area (Å²) >= 11 is 0. The Bertz CT molecular complexity index is 1150. The quantitative estimate of drug-likeness (QED) is 0.343. The van der Waals surface area contributed by atoms with E-state index in [4.69, 9.17) is 0 Å². The van der Waals surface area contributed by atoms with Crippen LogP contribution in [0, 0.1) is 17.8 Å². The Kier molecular flexibility index (Phi) is 7.76. The van der Waals surface area contributed by atoms with Crippen LogP contribution in [0.15, 0.2) is 49.2 Å². The fourth-order valence-corrected chi connectivity index (χ4v) is 3.31. The Labute approximate surface area is 192 Å². The van der Waals surface area contributed by atoms with Crippen molar-refractivity contribution >= 4 is 17.3 Å². The second-order valence-corrected chi connectivity index (χ2v) is 8.37. The number of carbonyl (C=O) groups excluding carboxylic acids is 3. The van der Waals surface area contributed by atoms with Crippen LogP contribution in [-0.2, 0) is 13.0 Å². The molecule has 0 aliphatic carbocycles. The molecular weight excluding hydrogens is 420 g/mol. The lowest BCUT2D eigenvalue weighted by Gasteiger charge is -2.11. The molecule has 0 fully saturated rings. The fraction of sp³-hybridized carbons (Fsp3) is 0.375. The highest BCUT2D eigenvalue weighted by Gasteiger charge is 2.24. The Morgan fingerprint density at radius 2 is 1.67 bits per heavy atom. The highest BCUT2D eigenvalue weighted by atomic mass is 16.1. The first kappa shape index (κ1) is 23.9. The van der Waals surface area contributed by atoms with Crippen molar-refractivity contribution in [3.63, 3.8) is 0 Å². The van der Waals surface area contributed by atoms with Gasteiger partial charge in [0.2, 0.25) is 5.78 Å². The molecular formula is C24H27N6O3+. The van der Waals surface area contributed by atoms with Crippen LogP contribution in [0.3, 0.4) is 0 Å². The van der Waals surface area contributed by atoms with Gasteiger partial charge in [0.15, 0.2) is 42.0 Å². The van der Waals surface area contributed by atoms with Crippen molar-refractivity contribution in [1.82, 2.24) is 25.1 Å². The van der Waals surface area contributed by atoms with Gasteiger partial charge >= 0.3 is 0 Å². The highest BCUT2D eigenvalue weighted by molar-refractivity contribution is 5.96. The number of nitrogens with zero attached hydrogens (tertiary/aromatic N) is 6. The maximum absolute atomic E-state index is 13.0. The van der Waals surface area contributed by atoms with E-state index < -0.39 is 5.92 Å². The largest absolute Gasteiger partial charge is 0.292 e. The number of Topliss-reactive ketones (excluding diaryl/α,β-unsaturated/α-hetero) is 3. The van der Waals surface area contributed by atoms with E-state index in [0.717, 1.165) is 0 Å². The van der Waals surface area contributed by atoms with Gasteiger partial charge in [0.25, 0.3) is 0 Å². The molecule has 2 unspecified atom stereocenters. The van der Waals surface area contributed by atoms with Crippen LogP contribution in [0.1, 0.15) is 65.0 Å². The molecule has 9 heteroatoms. The summed E-state index contributed by atoms with van der Waals surface area (Å²) in [5.41, 5.74) is 1.27. The van der Waals surface area contributed by atoms with Crippen molar-refractivity contribution in [3.05, 3.63) is 72.1 Å². The fourth-order valence-electron chi connectivity index (χ4n) is 3.31. The summed E-state index contributed by atoms with van der Waals surface area (Å²) < 4.78 is 1.77. The molecule has 0 aliphatic heterocycles. The monoisotopic (exact) mass is 447 g/mol. The highest BCUT2D eigenvalue weighted by Crippen LogP contribution is 2.13. The summed E-state index contributed by atoms with van der Waals surface area (Å²) in [6.07, 6.45) is 8.33. The SMILES string of the molecule is CC(C)C(=O)c1c[n+](CC(C)C(=O)c2nccc(CC(C)C(=O)c3cccnn3)n2)ccn1. The summed E-state index contributed by atoms with van der Waals surface area (Å²) in [4.78, 5) is 50.4. The van der Waals surface area contributed by atoms with E-state index in [2.05, 4.69) is 25.1 Å². The molecule has 0 amide bonds. The summed E-state index contributed by atoms with van der Waals surface area (Å²) in [5, 5.41) is 7.61. The molecule has 2 atom stereocenters. The zero-order chi connectivity index (χ0) is 24.0. The number of ketones is 3. The van der Waals surface area contributed by atoms with Crippen molar-refractivity contribution in [2.45, 2.75) is 40.7 Å². The molecule has 3 aromatic rings. The van der Waals surface area contributed by atoms with Gasteiger partial charge in [-0.05, 0) is 31.5 Å². The van der Waals surface area contributed by atoms with Gasteiger partial charge in [0, 0.05) is 29.9 Å². The predicted molar refractivity (Wildman–Crippen MR) is 118 cm³/mol. The van der Waals surface area contributed by atoms with Crippen LogP contribution in [0.5, 0.6) is 0 Å². The smallest absolute Gasteiger partial charge is 0.209 e. The van der Waals surface area contributed by atoms with Gasteiger partial charge in [-0.2, -0.15) is 5.10 Å². The third-order valence-corrected chi connectivity index (χ3v) is 5.19. The van der Waals surface area contributed by atoms with E-state index >= 15 is 0 Å². The van der Waals surface area contributed by atoms with Gasteiger partial charge in [-0.15, -0.1) is 5.10 Å². The zero-order valence-corrected chi connectivity index (χ0v) is 19.2. The van der Waals surface area contributed by atoms with Crippen LogP contribution >= 0.6 is 0 Å². The number of hydrogen-bond donors (Lipinski definition) is 0. The first-order chi connectivity index (χ1) is 15.8. The Morgan fingerprint density at radius 3 is 2.36 bits per heavy atom. The van der Waals surface area contributed by atoms with Gasteiger partial charge in [-0.25, -0.2) is 19.5 Å². The van der Waals surface area contributed by atoms with Crippen LogP contribution in [0.2, 0.25) is 0 Å². The van der Waals surface area contributed by atoms with Crippen molar-refractivity contribution < 1.29 is 19.0 Å². The standard InChI is InChI=1S/C24H27N6O3/c1-15(2)21(31)20-14-30(11-10-25-20)13-17(4)23(33)24-26-9-7-18(28-24)12-16(3)22(32)19-6-5-8-27-29-19/h5-11,14-17H,12-13H2,1-4H3/q+1. The predicted octanol–water partition coefficient (Wildman–Crippen LogP) is 2.37. The van der Waals surface area contributed by atoms with E-state index in [1.54, 1.807) is 55.2 Å². The van der Waals surface area contributed by atoms with E-state index in [9.17, 15) is 14.4 Å². The third kappa shape index (κ3) is 6.15. The lowest BCUT2D eigenvalue weighted by atomic mass is 9.98. The van der Waals surface area contributed by atoms with Crippen LogP contribution in [0.4, 0.5) is 0 Å². The van der Waals surface area contributed by atoms with Gasteiger partial charge in [-0.1, -0.05) is 20.8 Å². The second-order valence-electron chi connectivity index (χ2n) is 8.37. The van der Waals surface area contributed by atoms with E-state index in [0.29, 0.717) is 30.0 Å². The summed E-state index contributed by atoms with van der Waals surface area (Å²) in [7, 11) is 0. The minimum Gasteiger partial charge on any atom is -0.292 e. The normalized spacial score (nSPS) is 12.9. The van der Waals surface area contributed by atoms with E-state index in [1.807, 2.05) is 13.8 Å². The van der Waals surface area contributed by atoms with Crippen molar-refractivity contribution in [3.8, 4) is 0 Å². The molecule has 0 bridgehead atoms. The van der Waals surface area contributed by atoms with Gasteiger partial charge in [-0.3, -0.25) is 14.4 Å². The molecule has 0 saturated heterocycles. The average Bonchev–Trinajstić information content (AvgIpc) is 2.83. The summed E-state index contributed by atoms with van der Waals surface area (Å²) in [5.74, 6) is -1.26. The zero-order valence-electron chi connectivity index (χ0n) is 19.2. The van der Waals surface area contributed by atoms with Crippen LogP contribution in [-0.4, -0.2) is 42.5 Å². The van der Waals surface area contributed by atoms with E-state index in [-0.39, 0.29) is 35.0 Å². The molecule has 9 nitrogen and oxygen atoms in total. The number of rotatable bonds is 10. The molecule has 3 heterocycles. The molecule has 0 aliphatic rings. The number of hydrogen-bond acceptors (Lipinski definition) is 8. The second kappa shape index (κ2) is 10.7. The van der Waals surface area contributed by atoms with Crippen molar-refractivity contribution in [2.24, 2.45) is 17.8 Å². The van der Waals surface area contributed by atoms with Crippen molar-refractivity contribution in [1.29, 1.82) is 0 Å². The first-order valence-electron chi connectivity index (χ1n) is 10.8.